The number of methoxy groups -OCH3 is 2. The number of carbonyl (C=O) groups is 1. The molecule has 6 unspecified atom stereocenters. The first-order valence-electron chi connectivity index (χ1n) is 17.8. The van der Waals surface area contributed by atoms with Crippen molar-refractivity contribution in [2.24, 2.45) is 22.9 Å². The van der Waals surface area contributed by atoms with Gasteiger partial charge in [-0.1, -0.05) is 37.1 Å². The number of fused-ring (bicyclic) bond motifs is 2. The summed E-state index contributed by atoms with van der Waals surface area (Å²) in [5.41, 5.74) is 3.30. The van der Waals surface area contributed by atoms with Crippen LogP contribution < -0.4 is 24.3 Å². The van der Waals surface area contributed by atoms with E-state index in [1.165, 1.54) is 7.11 Å². The van der Waals surface area contributed by atoms with Crippen LogP contribution in [0.15, 0.2) is 65.9 Å². The van der Waals surface area contributed by atoms with E-state index in [9.17, 15) is 15.0 Å². The lowest BCUT2D eigenvalue weighted by Gasteiger charge is -2.58. The van der Waals surface area contributed by atoms with E-state index >= 15 is 0 Å². The van der Waals surface area contributed by atoms with E-state index in [2.05, 4.69) is 30.1 Å². The van der Waals surface area contributed by atoms with Crippen LogP contribution in [0.5, 0.6) is 23.0 Å². The van der Waals surface area contributed by atoms with E-state index in [1.807, 2.05) is 12.1 Å². The molecule has 1 heterocycles. The zero-order valence-corrected chi connectivity index (χ0v) is 30.9. The fourth-order valence-electron chi connectivity index (χ4n) is 8.00. The number of rotatable bonds is 18. The van der Waals surface area contributed by atoms with Crippen LogP contribution in [0.4, 0.5) is 10.5 Å². The first kappa shape index (κ1) is 38.5. The molecule has 0 bridgehead atoms. The molecule has 1 amide bonds. The van der Waals surface area contributed by atoms with Gasteiger partial charge < -0.3 is 38.7 Å². The molecule has 1 saturated carbocycles. The van der Waals surface area contributed by atoms with Crippen LogP contribution in [0.2, 0.25) is 0 Å². The molecule has 0 saturated heterocycles. The number of oxime groups is 1. The Labute approximate surface area is 305 Å². The largest absolute Gasteiger partial charge is 0.497 e. The highest BCUT2D eigenvalue weighted by atomic mass is 32.2. The Kier molecular flexibility index (Phi) is 13.7. The molecule has 5 rings (SSSR count). The van der Waals surface area contributed by atoms with Crippen LogP contribution in [-0.4, -0.2) is 80.0 Å². The lowest BCUT2D eigenvalue weighted by molar-refractivity contribution is -0.223. The summed E-state index contributed by atoms with van der Waals surface area (Å²) in [7, 11) is 4.66. The minimum Gasteiger partial charge on any atom is -0.497 e. The number of amides is 1. The average molecular weight is 725 g/mol. The third-order valence-electron chi connectivity index (χ3n) is 10.0. The SMILES string of the molecule is C=CCOC12Oc3ccc(OC(=O)Nc4ccc(OC)cc4OC)cc3C3C(CCCCO)C(CCCCO)C=C(C(=NOC)CC1SCC)C32. The molecule has 12 heteroatoms. The highest BCUT2D eigenvalue weighted by Gasteiger charge is 2.63. The van der Waals surface area contributed by atoms with Gasteiger partial charge in [0.05, 0.1) is 43.4 Å². The second-order valence-corrected chi connectivity index (χ2v) is 14.4. The van der Waals surface area contributed by atoms with Crippen LogP contribution in [0.3, 0.4) is 0 Å². The second-order valence-electron chi connectivity index (χ2n) is 13.0. The molecule has 2 aliphatic carbocycles. The number of allylic oxidation sites excluding steroid dienone is 1. The topological polar surface area (TPSA) is 137 Å². The highest BCUT2D eigenvalue weighted by molar-refractivity contribution is 8.00. The third-order valence-corrected chi connectivity index (χ3v) is 11.3. The van der Waals surface area contributed by atoms with Gasteiger partial charge in [0, 0.05) is 37.2 Å². The van der Waals surface area contributed by atoms with Crippen LogP contribution in [0.1, 0.15) is 63.4 Å². The molecule has 6 atom stereocenters. The molecule has 3 N–H and O–H groups in total. The summed E-state index contributed by atoms with van der Waals surface area (Å²) in [4.78, 5) is 18.7. The summed E-state index contributed by atoms with van der Waals surface area (Å²) in [6.07, 6.45) is 8.88. The van der Waals surface area contributed by atoms with Gasteiger partial charge in [0.15, 0.2) is 0 Å². The van der Waals surface area contributed by atoms with E-state index in [-0.39, 0.29) is 42.1 Å². The number of ether oxygens (including phenoxy) is 5. The van der Waals surface area contributed by atoms with Gasteiger partial charge >= 0.3 is 6.09 Å². The number of hydrogen-bond acceptors (Lipinski definition) is 11. The van der Waals surface area contributed by atoms with Crippen molar-refractivity contribution in [2.45, 2.75) is 68.8 Å². The molecule has 0 spiro atoms. The van der Waals surface area contributed by atoms with Crippen LogP contribution in [0.25, 0.3) is 0 Å². The van der Waals surface area contributed by atoms with Crippen LogP contribution in [-0.2, 0) is 9.57 Å². The molecule has 1 fully saturated rings. The number of carbonyl (C=O) groups excluding carboxylic acids is 1. The van der Waals surface area contributed by atoms with Gasteiger partial charge in [-0.05, 0) is 79.2 Å². The van der Waals surface area contributed by atoms with E-state index < -0.39 is 11.9 Å². The maximum absolute atomic E-state index is 13.3. The second kappa shape index (κ2) is 18.2. The van der Waals surface area contributed by atoms with Gasteiger partial charge in [0.1, 0.15) is 30.1 Å². The molecule has 11 nitrogen and oxygen atoms in total. The Balaban J connectivity index is 1.62. The third kappa shape index (κ3) is 8.35. The Morgan fingerprint density at radius 2 is 1.82 bits per heavy atom. The summed E-state index contributed by atoms with van der Waals surface area (Å²) in [6.45, 7) is 6.65. The van der Waals surface area contributed by atoms with Crippen molar-refractivity contribution in [3.8, 4) is 23.0 Å². The maximum Gasteiger partial charge on any atom is 0.417 e. The molecule has 1 aliphatic heterocycles. The molecule has 51 heavy (non-hydrogen) atoms. The maximum atomic E-state index is 13.3. The summed E-state index contributed by atoms with van der Waals surface area (Å²) >= 11 is 1.78. The Hall–Kier alpha value is -3.71. The first-order valence-corrected chi connectivity index (χ1v) is 18.9. The molecule has 3 aliphatic rings. The standard InChI is InChI=1S/C39H52N2O9S/c1-6-20-48-39-35(51-7-2)24-32(41-47-5)29-21-25(12-8-10-18-42)28(13-9-11-19-43)36(37(29)39)30-22-27(15-17-33(30)50-39)49-38(44)40-31-16-14-26(45-3)23-34(31)46-4/h6,14-17,21-23,25,28,35-37,42-43H,1,7-13,18-20,24H2,2-5H3,(H,40,44). The Bertz CT molecular complexity index is 1570. The summed E-state index contributed by atoms with van der Waals surface area (Å²) in [5, 5.41) is 26.7. The molecular weight excluding hydrogens is 673 g/mol. The average Bonchev–Trinajstić information content (AvgIpc) is 3.13. The van der Waals surface area contributed by atoms with Crippen LogP contribution >= 0.6 is 11.8 Å². The van der Waals surface area contributed by atoms with Crippen LogP contribution in [0, 0.1) is 17.8 Å². The predicted octanol–water partition coefficient (Wildman–Crippen LogP) is 7.33. The highest BCUT2D eigenvalue weighted by Crippen LogP contribution is 2.62. The normalized spacial score (nSPS) is 25.5. The van der Waals surface area contributed by atoms with Gasteiger partial charge in [0.2, 0.25) is 5.79 Å². The van der Waals surface area contributed by atoms with Gasteiger partial charge in [-0.15, -0.1) is 6.58 Å². The number of unbranched alkanes of at least 4 members (excludes halogenated alkanes) is 2. The van der Waals surface area contributed by atoms with Crippen molar-refractivity contribution >= 4 is 29.3 Å². The Morgan fingerprint density at radius 3 is 2.51 bits per heavy atom. The predicted molar refractivity (Wildman–Crippen MR) is 199 cm³/mol. The van der Waals surface area contributed by atoms with Crippen molar-refractivity contribution < 1.29 is 43.5 Å². The Morgan fingerprint density at radius 1 is 1.06 bits per heavy atom. The molecule has 0 aromatic heterocycles. The fourth-order valence-corrected chi connectivity index (χ4v) is 9.17. The fraction of sp³-hybridized carbons (Fsp3) is 0.538. The number of thioether (sulfide) groups is 1. The summed E-state index contributed by atoms with van der Waals surface area (Å²) in [5.74, 6) is 1.84. The molecule has 278 valence electrons. The lowest BCUT2D eigenvalue weighted by Crippen LogP contribution is -2.64. The zero-order valence-electron chi connectivity index (χ0n) is 30.1. The molecule has 2 aromatic rings. The summed E-state index contributed by atoms with van der Waals surface area (Å²) in [6, 6.07) is 10.6. The smallest absolute Gasteiger partial charge is 0.417 e. The summed E-state index contributed by atoms with van der Waals surface area (Å²) < 4.78 is 30.6. The number of nitrogens with zero attached hydrogens (tertiary/aromatic N) is 1. The van der Waals surface area contributed by atoms with Gasteiger partial charge in [-0.25, -0.2) is 4.79 Å². The number of hydrogen-bond donors (Lipinski definition) is 3. The van der Waals surface area contributed by atoms with Crippen molar-refractivity contribution in [1.29, 1.82) is 0 Å². The number of nitrogens with one attached hydrogen (secondary N) is 1. The van der Waals surface area contributed by atoms with Crippen molar-refractivity contribution in [3.63, 3.8) is 0 Å². The number of anilines is 1. The van der Waals surface area contributed by atoms with E-state index in [4.69, 9.17) is 28.5 Å². The van der Waals surface area contributed by atoms with E-state index in [1.54, 1.807) is 56.3 Å². The van der Waals surface area contributed by atoms with Gasteiger partial charge in [0.25, 0.3) is 0 Å². The molecule has 0 radical (unpaired) electrons. The monoisotopic (exact) mass is 724 g/mol. The van der Waals surface area contributed by atoms with Gasteiger partial charge in [-0.3, -0.25) is 5.32 Å². The number of benzene rings is 2. The van der Waals surface area contributed by atoms with E-state index in [0.717, 1.165) is 48.3 Å². The van der Waals surface area contributed by atoms with Gasteiger partial charge in [-0.2, -0.15) is 11.8 Å². The number of aliphatic hydroxyl groups excluding tert-OH is 2. The zero-order chi connectivity index (χ0) is 36.4. The first-order chi connectivity index (χ1) is 24.9. The van der Waals surface area contributed by atoms with E-state index in [0.29, 0.717) is 54.6 Å². The minimum absolute atomic E-state index is 0.0978. The van der Waals surface area contributed by atoms with Crippen molar-refractivity contribution in [3.05, 3.63) is 66.3 Å². The lowest BCUT2D eigenvalue weighted by atomic mass is 9.56. The molecule has 2 aromatic carbocycles. The van der Waals surface area contributed by atoms with Crippen molar-refractivity contribution in [2.75, 3.05) is 52.2 Å². The number of aliphatic hydroxyl groups is 2. The van der Waals surface area contributed by atoms with Crippen molar-refractivity contribution in [1.82, 2.24) is 0 Å². The minimum atomic E-state index is -1.03. The molecular formula is C39H52N2O9S. The quantitative estimate of drug-likeness (QED) is 0.0814.